The third-order valence-corrected chi connectivity index (χ3v) is 0.939. The molecule has 3 nitrogen and oxygen atoms in total. The van der Waals surface area contributed by atoms with Gasteiger partial charge in [-0.05, 0) is 6.92 Å². The third-order valence-electron chi connectivity index (χ3n) is 0.939. The summed E-state index contributed by atoms with van der Waals surface area (Å²) in [5.41, 5.74) is 0. The number of carbonyl (C=O) groups is 1. The van der Waals surface area contributed by atoms with Gasteiger partial charge >= 0.3 is 6.03 Å². The molecular weight excluding hydrogens is 116 g/mol. The largest absolute Gasteiger partial charge is 0.341 e. The summed E-state index contributed by atoms with van der Waals surface area (Å²) in [5.74, 6) is 0. The molecule has 1 unspecified atom stereocenters. The second-order valence-corrected chi connectivity index (χ2v) is 1.75. The molecule has 0 heterocycles. The van der Waals surface area contributed by atoms with Crippen molar-refractivity contribution in [3.63, 3.8) is 0 Å². The van der Waals surface area contributed by atoms with Crippen LogP contribution in [-0.4, -0.2) is 19.1 Å². The molecule has 0 bridgehead atoms. The normalized spacial score (nSPS) is 11.8. The minimum absolute atomic E-state index is 0.0324. The highest BCUT2D eigenvalue weighted by molar-refractivity contribution is 5.73. The van der Waals surface area contributed by atoms with E-state index in [9.17, 15) is 4.79 Å². The van der Waals surface area contributed by atoms with Crippen molar-refractivity contribution in [2.75, 3.05) is 7.05 Å². The maximum atomic E-state index is 10.5. The van der Waals surface area contributed by atoms with Gasteiger partial charge in [-0.25, -0.2) is 4.79 Å². The Hall–Kier alpha value is -0.990. The van der Waals surface area contributed by atoms with E-state index >= 15 is 0 Å². The third kappa shape index (κ3) is 3.58. The van der Waals surface area contributed by atoms with E-state index in [1.165, 1.54) is 0 Å². The van der Waals surface area contributed by atoms with E-state index in [1.807, 2.05) is 6.92 Å². The molecule has 0 saturated carbocycles. The van der Waals surface area contributed by atoms with Crippen LogP contribution in [0.2, 0.25) is 0 Å². The molecular formula is C6H12N2O. The number of urea groups is 1. The quantitative estimate of drug-likeness (QED) is 0.522. The molecule has 3 heteroatoms. The lowest BCUT2D eigenvalue weighted by Crippen LogP contribution is -2.37. The van der Waals surface area contributed by atoms with Gasteiger partial charge in [-0.15, -0.1) is 6.58 Å². The Morgan fingerprint density at radius 3 is 2.67 bits per heavy atom. The Balaban J connectivity index is 3.46. The second-order valence-electron chi connectivity index (χ2n) is 1.75. The van der Waals surface area contributed by atoms with Crippen LogP contribution in [0.15, 0.2) is 12.7 Å². The van der Waals surface area contributed by atoms with E-state index in [2.05, 4.69) is 17.2 Å². The molecule has 0 rings (SSSR count). The molecule has 0 spiro atoms. The van der Waals surface area contributed by atoms with Crippen LogP contribution in [0.3, 0.4) is 0 Å². The molecule has 0 aliphatic heterocycles. The molecule has 52 valence electrons. The fraction of sp³-hybridized carbons (Fsp3) is 0.500. The monoisotopic (exact) mass is 128 g/mol. The summed E-state index contributed by atoms with van der Waals surface area (Å²) in [4.78, 5) is 10.5. The zero-order valence-electron chi connectivity index (χ0n) is 5.77. The first-order chi connectivity index (χ1) is 4.20. The van der Waals surface area contributed by atoms with Crippen molar-refractivity contribution in [3.8, 4) is 0 Å². The molecule has 0 aliphatic rings. The van der Waals surface area contributed by atoms with E-state index < -0.39 is 0 Å². The van der Waals surface area contributed by atoms with E-state index in [1.54, 1.807) is 13.1 Å². The lowest BCUT2D eigenvalue weighted by molar-refractivity contribution is 0.241. The summed E-state index contributed by atoms with van der Waals surface area (Å²) >= 11 is 0. The Kier molecular flexibility index (Phi) is 3.51. The molecule has 0 fully saturated rings. The summed E-state index contributed by atoms with van der Waals surface area (Å²) in [7, 11) is 1.57. The van der Waals surface area contributed by atoms with Crippen LogP contribution in [-0.2, 0) is 0 Å². The van der Waals surface area contributed by atoms with E-state index in [0.717, 1.165) is 0 Å². The highest BCUT2D eigenvalue weighted by Gasteiger charge is 1.97. The topological polar surface area (TPSA) is 41.1 Å². The van der Waals surface area contributed by atoms with Crippen LogP contribution in [0.25, 0.3) is 0 Å². The molecule has 2 N–H and O–H groups in total. The second kappa shape index (κ2) is 3.95. The SMILES string of the molecule is C=CC(C)NC(=O)NC. The van der Waals surface area contributed by atoms with Crippen LogP contribution in [0, 0.1) is 0 Å². The maximum absolute atomic E-state index is 10.5. The van der Waals surface area contributed by atoms with Gasteiger partial charge in [-0.1, -0.05) is 6.08 Å². The van der Waals surface area contributed by atoms with Crippen LogP contribution in [0.4, 0.5) is 4.79 Å². The zero-order chi connectivity index (χ0) is 7.28. The summed E-state index contributed by atoms with van der Waals surface area (Å²) in [5, 5.41) is 5.04. The van der Waals surface area contributed by atoms with Crippen LogP contribution < -0.4 is 10.6 Å². The molecule has 0 aliphatic carbocycles. The smallest absolute Gasteiger partial charge is 0.314 e. The van der Waals surface area contributed by atoms with Gasteiger partial charge in [0.15, 0.2) is 0 Å². The van der Waals surface area contributed by atoms with Gasteiger partial charge in [-0.3, -0.25) is 0 Å². The zero-order valence-corrected chi connectivity index (χ0v) is 5.77. The standard InChI is InChI=1S/C6H12N2O/c1-4-5(2)8-6(9)7-3/h4-5H,1H2,2-3H3,(H2,7,8,9). The van der Waals surface area contributed by atoms with Gasteiger partial charge in [0.1, 0.15) is 0 Å². The van der Waals surface area contributed by atoms with Crippen molar-refractivity contribution in [2.24, 2.45) is 0 Å². The first-order valence-electron chi connectivity index (χ1n) is 2.81. The number of rotatable bonds is 2. The number of hydrogen-bond donors (Lipinski definition) is 2. The predicted molar refractivity (Wildman–Crippen MR) is 37.3 cm³/mol. The molecule has 0 aromatic rings. The Morgan fingerprint density at radius 2 is 2.33 bits per heavy atom. The molecule has 0 aromatic carbocycles. The fourth-order valence-corrected chi connectivity index (χ4v) is 0.338. The van der Waals surface area contributed by atoms with Crippen molar-refractivity contribution in [2.45, 2.75) is 13.0 Å². The van der Waals surface area contributed by atoms with E-state index in [4.69, 9.17) is 0 Å². The van der Waals surface area contributed by atoms with Crippen LogP contribution in [0.5, 0.6) is 0 Å². The first kappa shape index (κ1) is 8.01. The van der Waals surface area contributed by atoms with Gasteiger partial charge in [0.05, 0.1) is 0 Å². The van der Waals surface area contributed by atoms with Gasteiger partial charge in [-0.2, -0.15) is 0 Å². The number of hydrogen-bond acceptors (Lipinski definition) is 1. The summed E-state index contributed by atoms with van der Waals surface area (Å²) in [6.07, 6.45) is 1.66. The minimum Gasteiger partial charge on any atom is -0.341 e. The Morgan fingerprint density at radius 1 is 1.78 bits per heavy atom. The average molecular weight is 128 g/mol. The molecule has 2 amide bonds. The number of carbonyl (C=O) groups excluding carboxylic acids is 1. The van der Waals surface area contributed by atoms with Crippen molar-refractivity contribution in [1.29, 1.82) is 0 Å². The predicted octanol–water partition coefficient (Wildman–Crippen LogP) is 0.490. The van der Waals surface area contributed by atoms with Gasteiger partial charge in [0.25, 0.3) is 0 Å². The van der Waals surface area contributed by atoms with E-state index in [0.29, 0.717) is 0 Å². The van der Waals surface area contributed by atoms with Crippen LogP contribution >= 0.6 is 0 Å². The van der Waals surface area contributed by atoms with Crippen molar-refractivity contribution < 1.29 is 4.79 Å². The van der Waals surface area contributed by atoms with Gasteiger partial charge < -0.3 is 10.6 Å². The minimum atomic E-state index is -0.178. The Bertz CT molecular complexity index is 112. The first-order valence-corrected chi connectivity index (χ1v) is 2.81. The van der Waals surface area contributed by atoms with Crippen molar-refractivity contribution in [1.82, 2.24) is 10.6 Å². The molecule has 0 aromatic heterocycles. The molecule has 1 atom stereocenters. The molecule has 0 radical (unpaired) electrons. The van der Waals surface area contributed by atoms with Crippen molar-refractivity contribution in [3.05, 3.63) is 12.7 Å². The van der Waals surface area contributed by atoms with Gasteiger partial charge in [0.2, 0.25) is 0 Å². The highest BCUT2D eigenvalue weighted by Crippen LogP contribution is 1.78. The molecule has 9 heavy (non-hydrogen) atoms. The fourth-order valence-electron chi connectivity index (χ4n) is 0.338. The number of nitrogens with one attached hydrogen (secondary N) is 2. The average Bonchev–Trinajstić information content (AvgIpc) is 1.87. The lowest BCUT2D eigenvalue weighted by atomic mass is 10.3. The Labute approximate surface area is 55.1 Å². The van der Waals surface area contributed by atoms with Crippen LogP contribution in [0.1, 0.15) is 6.92 Å². The highest BCUT2D eigenvalue weighted by atomic mass is 16.2. The summed E-state index contributed by atoms with van der Waals surface area (Å²) in [6, 6.07) is -0.146. The van der Waals surface area contributed by atoms with Gasteiger partial charge in [0, 0.05) is 13.1 Å². The molecule has 0 saturated heterocycles. The van der Waals surface area contributed by atoms with Crippen molar-refractivity contribution >= 4 is 6.03 Å². The maximum Gasteiger partial charge on any atom is 0.314 e. The summed E-state index contributed by atoms with van der Waals surface area (Å²) < 4.78 is 0. The number of amides is 2. The summed E-state index contributed by atoms with van der Waals surface area (Å²) in [6.45, 7) is 5.35. The van der Waals surface area contributed by atoms with E-state index in [-0.39, 0.29) is 12.1 Å². The lowest BCUT2D eigenvalue weighted by Gasteiger charge is -2.06.